The average molecular weight is 335 g/mol. The van der Waals surface area contributed by atoms with E-state index in [9.17, 15) is 9.90 Å². The summed E-state index contributed by atoms with van der Waals surface area (Å²) in [5.74, 6) is 0.293. The standard InChI is InChI=1S/C19H33N3O2/c1-15-12-20(10-11-21(15)13-16(2)23)14-19(24)22(18-8-9-18)17-6-4-3-5-7-17/h6,15-16,18,23H,3-5,7-14H2,1-2H3/t15-,16+/m1/s1. The van der Waals surface area contributed by atoms with Crippen molar-refractivity contribution in [2.75, 3.05) is 32.7 Å². The van der Waals surface area contributed by atoms with Crippen molar-refractivity contribution in [1.29, 1.82) is 0 Å². The van der Waals surface area contributed by atoms with Gasteiger partial charge in [0.1, 0.15) is 0 Å². The van der Waals surface area contributed by atoms with Gasteiger partial charge >= 0.3 is 0 Å². The van der Waals surface area contributed by atoms with Crippen LogP contribution in [0.3, 0.4) is 0 Å². The van der Waals surface area contributed by atoms with Crippen molar-refractivity contribution in [1.82, 2.24) is 14.7 Å². The Bertz CT molecular complexity index is 473. The molecule has 3 aliphatic rings. The molecule has 5 heteroatoms. The molecular weight excluding hydrogens is 302 g/mol. The van der Waals surface area contributed by atoms with Crippen molar-refractivity contribution < 1.29 is 9.90 Å². The second-order valence-corrected chi connectivity index (χ2v) is 7.86. The number of aliphatic hydroxyl groups excluding tert-OH is 1. The molecule has 0 aromatic heterocycles. The van der Waals surface area contributed by atoms with Crippen LogP contribution in [-0.2, 0) is 4.79 Å². The molecule has 1 N–H and O–H groups in total. The van der Waals surface area contributed by atoms with E-state index in [2.05, 4.69) is 27.7 Å². The number of allylic oxidation sites excluding steroid dienone is 2. The molecule has 2 aliphatic carbocycles. The highest BCUT2D eigenvalue weighted by Crippen LogP contribution is 2.33. The monoisotopic (exact) mass is 335 g/mol. The summed E-state index contributed by atoms with van der Waals surface area (Å²) in [6.45, 7) is 8.07. The number of rotatable bonds is 6. The molecule has 1 heterocycles. The van der Waals surface area contributed by atoms with E-state index in [-0.39, 0.29) is 6.10 Å². The highest BCUT2D eigenvalue weighted by molar-refractivity contribution is 5.80. The van der Waals surface area contributed by atoms with E-state index in [4.69, 9.17) is 0 Å². The Balaban J connectivity index is 1.55. The molecule has 3 rings (SSSR count). The van der Waals surface area contributed by atoms with Crippen LogP contribution in [-0.4, -0.2) is 76.6 Å². The predicted molar refractivity (Wildman–Crippen MR) is 95.6 cm³/mol. The Labute approximate surface area is 146 Å². The van der Waals surface area contributed by atoms with Gasteiger partial charge in [-0.15, -0.1) is 0 Å². The normalized spacial score (nSPS) is 27.6. The topological polar surface area (TPSA) is 47.0 Å². The fourth-order valence-electron chi connectivity index (χ4n) is 4.06. The first-order chi connectivity index (χ1) is 11.5. The summed E-state index contributed by atoms with van der Waals surface area (Å²) in [6.07, 6.45) is 9.02. The van der Waals surface area contributed by atoms with Crippen molar-refractivity contribution in [2.24, 2.45) is 0 Å². The number of amides is 1. The minimum absolute atomic E-state index is 0.288. The summed E-state index contributed by atoms with van der Waals surface area (Å²) >= 11 is 0. The zero-order valence-electron chi connectivity index (χ0n) is 15.3. The maximum atomic E-state index is 12.9. The van der Waals surface area contributed by atoms with E-state index in [0.717, 1.165) is 39.0 Å². The zero-order valence-corrected chi connectivity index (χ0v) is 15.3. The van der Waals surface area contributed by atoms with E-state index in [1.807, 2.05) is 6.92 Å². The summed E-state index contributed by atoms with van der Waals surface area (Å²) in [7, 11) is 0. The maximum absolute atomic E-state index is 12.9. The molecule has 1 amide bonds. The van der Waals surface area contributed by atoms with Gasteiger partial charge in [-0.1, -0.05) is 6.08 Å². The predicted octanol–water partition coefficient (Wildman–Crippen LogP) is 1.82. The van der Waals surface area contributed by atoms with Crippen molar-refractivity contribution >= 4 is 5.91 Å². The van der Waals surface area contributed by atoms with Crippen molar-refractivity contribution in [3.63, 3.8) is 0 Å². The quantitative estimate of drug-likeness (QED) is 0.804. The SMILES string of the molecule is C[C@H](O)CN1CCN(CC(=O)N(C2=CCCCC2)C2CC2)C[C@H]1C. The van der Waals surface area contributed by atoms with E-state index < -0.39 is 0 Å². The Morgan fingerprint density at radius 3 is 2.75 bits per heavy atom. The Kier molecular flexibility index (Phi) is 5.95. The maximum Gasteiger partial charge on any atom is 0.241 e. The molecular formula is C19H33N3O2. The van der Waals surface area contributed by atoms with Crippen LogP contribution in [0.1, 0.15) is 52.4 Å². The third-order valence-electron chi connectivity index (χ3n) is 5.46. The fraction of sp³-hybridized carbons (Fsp3) is 0.842. The summed E-state index contributed by atoms with van der Waals surface area (Å²) in [4.78, 5) is 19.7. The largest absolute Gasteiger partial charge is 0.392 e. The minimum atomic E-state index is -0.288. The van der Waals surface area contributed by atoms with Gasteiger partial charge in [-0.05, 0) is 52.4 Å². The summed E-state index contributed by atoms with van der Waals surface area (Å²) in [5.41, 5.74) is 1.29. The van der Waals surface area contributed by atoms with Gasteiger partial charge < -0.3 is 10.0 Å². The van der Waals surface area contributed by atoms with Gasteiger partial charge in [0.15, 0.2) is 0 Å². The smallest absolute Gasteiger partial charge is 0.241 e. The van der Waals surface area contributed by atoms with Crippen LogP contribution in [0, 0.1) is 0 Å². The Hall–Kier alpha value is -0.910. The van der Waals surface area contributed by atoms with Gasteiger partial charge in [0.05, 0.1) is 12.6 Å². The first kappa shape index (κ1) is 17.9. The Morgan fingerprint density at radius 2 is 2.17 bits per heavy atom. The zero-order chi connectivity index (χ0) is 17.1. The van der Waals surface area contributed by atoms with E-state index >= 15 is 0 Å². The van der Waals surface area contributed by atoms with Gasteiger partial charge in [-0.25, -0.2) is 0 Å². The molecule has 0 unspecified atom stereocenters. The number of carbonyl (C=O) groups is 1. The molecule has 136 valence electrons. The number of aliphatic hydroxyl groups is 1. The summed E-state index contributed by atoms with van der Waals surface area (Å²) in [5, 5.41) is 9.60. The van der Waals surface area contributed by atoms with Crippen LogP contribution in [0.5, 0.6) is 0 Å². The van der Waals surface area contributed by atoms with Gasteiger partial charge in [-0.3, -0.25) is 14.6 Å². The lowest BCUT2D eigenvalue weighted by atomic mass is 10.0. The van der Waals surface area contributed by atoms with Crippen LogP contribution in [0.2, 0.25) is 0 Å². The van der Waals surface area contributed by atoms with E-state index in [1.54, 1.807) is 0 Å². The van der Waals surface area contributed by atoms with Crippen LogP contribution in [0.25, 0.3) is 0 Å². The van der Waals surface area contributed by atoms with Gasteiger partial charge in [0, 0.05) is 44.0 Å². The van der Waals surface area contributed by atoms with Gasteiger partial charge in [0.2, 0.25) is 5.91 Å². The lowest BCUT2D eigenvalue weighted by Crippen LogP contribution is -2.55. The van der Waals surface area contributed by atoms with Gasteiger partial charge in [0.25, 0.3) is 0 Å². The van der Waals surface area contributed by atoms with Crippen LogP contribution >= 0.6 is 0 Å². The third-order valence-corrected chi connectivity index (χ3v) is 5.46. The number of nitrogens with zero attached hydrogens (tertiary/aromatic N) is 3. The second kappa shape index (κ2) is 7.98. The van der Waals surface area contributed by atoms with Crippen molar-refractivity contribution in [3.8, 4) is 0 Å². The van der Waals surface area contributed by atoms with Gasteiger partial charge in [-0.2, -0.15) is 0 Å². The van der Waals surface area contributed by atoms with Crippen molar-refractivity contribution in [2.45, 2.75) is 70.6 Å². The first-order valence-electron chi connectivity index (χ1n) is 9.70. The summed E-state index contributed by atoms with van der Waals surface area (Å²) in [6, 6.07) is 0.861. The number of β-amino-alcohol motifs (C(OH)–C–C–N with tert-alkyl or cyclic N) is 1. The molecule has 0 bridgehead atoms. The lowest BCUT2D eigenvalue weighted by Gasteiger charge is -2.41. The molecule has 2 atom stereocenters. The second-order valence-electron chi connectivity index (χ2n) is 7.86. The summed E-state index contributed by atoms with van der Waals surface area (Å²) < 4.78 is 0. The van der Waals surface area contributed by atoms with E-state index in [1.165, 1.54) is 31.4 Å². The first-order valence-corrected chi connectivity index (χ1v) is 9.70. The molecule has 0 aromatic carbocycles. The van der Waals surface area contributed by atoms with E-state index in [0.29, 0.717) is 24.5 Å². The molecule has 0 radical (unpaired) electrons. The number of piperazine rings is 1. The number of carbonyl (C=O) groups excluding carboxylic acids is 1. The molecule has 24 heavy (non-hydrogen) atoms. The molecule has 2 fully saturated rings. The highest BCUT2D eigenvalue weighted by Gasteiger charge is 2.36. The number of hydrogen-bond donors (Lipinski definition) is 1. The highest BCUT2D eigenvalue weighted by atomic mass is 16.3. The molecule has 5 nitrogen and oxygen atoms in total. The van der Waals surface area contributed by atoms with Crippen LogP contribution in [0.15, 0.2) is 11.8 Å². The molecule has 1 saturated carbocycles. The lowest BCUT2D eigenvalue weighted by molar-refractivity contribution is -0.132. The van der Waals surface area contributed by atoms with Crippen LogP contribution < -0.4 is 0 Å². The molecule has 0 aromatic rings. The molecule has 0 spiro atoms. The fourth-order valence-corrected chi connectivity index (χ4v) is 4.06. The average Bonchev–Trinajstić information content (AvgIpc) is 3.36. The third kappa shape index (κ3) is 4.58. The minimum Gasteiger partial charge on any atom is -0.392 e. The molecule has 1 aliphatic heterocycles. The Morgan fingerprint density at radius 1 is 1.38 bits per heavy atom. The molecule has 1 saturated heterocycles. The van der Waals surface area contributed by atoms with Crippen LogP contribution in [0.4, 0.5) is 0 Å². The van der Waals surface area contributed by atoms with Crippen molar-refractivity contribution in [3.05, 3.63) is 11.8 Å². The number of hydrogen-bond acceptors (Lipinski definition) is 4.